The van der Waals surface area contributed by atoms with E-state index in [0.717, 1.165) is 44.8 Å². The number of hydrogen-bond donors (Lipinski definition) is 0. The molecule has 0 aliphatic carbocycles. The third-order valence-electron chi connectivity index (χ3n) is 5.32. The average Bonchev–Trinajstić information content (AvgIpc) is 2.80. The van der Waals surface area contributed by atoms with Crippen LogP contribution in [-0.2, 0) is 17.6 Å². The second-order valence-corrected chi connectivity index (χ2v) is 7.71. The van der Waals surface area contributed by atoms with Crippen molar-refractivity contribution in [2.75, 3.05) is 7.11 Å². The lowest BCUT2D eigenvalue weighted by atomic mass is 9.97. The van der Waals surface area contributed by atoms with E-state index in [1.807, 2.05) is 61.7 Å². The van der Waals surface area contributed by atoms with Crippen LogP contribution < -0.4 is 4.74 Å². The molecule has 154 valence electrons. The molecule has 0 aliphatic heterocycles. The molecule has 3 nitrogen and oxygen atoms in total. The lowest BCUT2D eigenvalue weighted by molar-refractivity contribution is -0.117. The summed E-state index contributed by atoms with van der Waals surface area (Å²) in [5, 5.41) is 0. The van der Waals surface area contributed by atoms with Gasteiger partial charge in [0.15, 0.2) is 0 Å². The van der Waals surface area contributed by atoms with Crippen LogP contribution in [0.1, 0.15) is 16.8 Å². The summed E-state index contributed by atoms with van der Waals surface area (Å²) in [6, 6.07) is 28.4. The number of benzene rings is 3. The van der Waals surface area contributed by atoms with Crippen molar-refractivity contribution in [2.24, 2.45) is 0 Å². The van der Waals surface area contributed by atoms with E-state index in [0.29, 0.717) is 12.8 Å². The van der Waals surface area contributed by atoms with Gasteiger partial charge in [-0.3, -0.25) is 9.78 Å². The number of nitrogens with zero attached hydrogens (tertiary/aromatic N) is 1. The number of aromatic nitrogens is 1. The highest BCUT2D eigenvalue weighted by Crippen LogP contribution is 2.25. The molecule has 0 fully saturated rings. The molecule has 3 aromatic carbocycles. The summed E-state index contributed by atoms with van der Waals surface area (Å²) in [6.07, 6.45) is 2.67. The topological polar surface area (TPSA) is 39.2 Å². The van der Waals surface area contributed by atoms with Crippen molar-refractivity contribution in [3.63, 3.8) is 0 Å². The van der Waals surface area contributed by atoms with Gasteiger partial charge in [0.2, 0.25) is 0 Å². The number of aryl methyl sites for hydroxylation is 1. The molecular formula is C28H25NO2. The van der Waals surface area contributed by atoms with Crippen LogP contribution in [0.4, 0.5) is 0 Å². The van der Waals surface area contributed by atoms with Gasteiger partial charge in [0.1, 0.15) is 11.5 Å². The first-order valence-electron chi connectivity index (χ1n) is 10.4. The molecule has 3 heteroatoms. The third kappa shape index (κ3) is 5.26. The van der Waals surface area contributed by atoms with Gasteiger partial charge in [-0.15, -0.1) is 0 Å². The molecule has 0 spiro atoms. The predicted molar refractivity (Wildman–Crippen MR) is 125 cm³/mol. The van der Waals surface area contributed by atoms with Crippen LogP contribution in [0.15, 0.2) is 91.1 Å². The van der Waals surface area contributed by atoms with Crippen molar-refractivity contribution >= 4 is 5.78 Å². The highest BCUT2D eigenvalue weighted by molar-refractivity contribution is 5.83. The molecule has 0 atom stereocenters. The summed E-state index contributed by atoms with van der Waals surface area (Å²) in [6.45, 7) is 1.99. The Morgan fingerprint density at radius 2 is 1.42 bits per heavy atom. The monoisotopic (exact) mass is 407 g/mol. The van der Waals surface area contributed by atoms with Gasteiger partial charge in [0.05, 0.1) is 7.11 Å². The Morgan fingerprint density at radius 3 is 2.16 bits per heavy atom. The molecule has 0 radical (unpaired) electrons. The molecule has 4 aromatic rings. The largest absolute Gasteiger partial charge is 0.497 e. The quantitative estimate of drug-likeness (QED) is 0.372. The van der Waals surface area contributed by atoms with E-state index in [4.69, 9.17) is 4.74 Å². The zero-order chi connectivity index (χ0) is 21.6. The molecule has 0 N–H and O–H groups in total. The summed E-state index contributed by atoms with van der Waals surface area (Å²) in [5.41, 5.74) is 7.48. The molecule has 0 aliphatic rings. The highest BCUT2D eigenvalue weighted by atomic mass is 16.5. The molecule has 1 aromatic heterocycles. The van der Waals surface area contributed by atoms with Crippen molar-refractivity contribution in [3.05, 3.63) is 108 Å². The van der Waals surface area contributed by atoms with Gasteiger partial charge in [-0.25, -0.2) is 0 Å². The lowest BCUT2D eigenvalue weighted by Crippen LogP contribution is -2.06. The Kier molecular flexibility index (Phi) is 6.23. The van der Waals surface area contributed by atoms with E-state index >= 15 is 0 Å². The molecule has 4 rings (SSSR count). The highest BCUT2D eigenvalue weighted by Gasteiger charge is 2.08. The molecule has 0 saturated heterocycles. The Labute approximate surface area is 183 Å². The number of ether oxygens (including phenoxy) is 1. The maximum Gasteiger partial charge on any atom is 0.141 e. The minimum atomic E-state index is 0.204. The summed E-state index contributed by atoms with van der Waals surface area (Å²) < 4.78 is 5.32. The Hall–Kier alpha value is -3.72. The number of pyridine rings is 1. The molecule has 0 amide bonds. The van der Waals surface area contributed by atoms with E-state index in [2.05, 4.69) is 41.4 Å². The van der Waals surface area contributed by atoms with Crippen molar-refractivity contribution in [3.8, 4) is 28.0 Å². The zero-order valence-corrected chi connectivity index (χ0v) is 17.8. The smallest absolute Gasteiger partial charge is 0.141 e. The van der Waals surface area contributed by atoms with Gasteiger partial charge >= 0.3 is 0 Å². The van der Waals surface area contributed by atoms with Crippen LogP contribution in [0.3, 0.4) is 0 Å². The predicted octanol–water partition coefficient (Wildman–Crippen LogP) is 6.09. The fourth-order valence-electron chi connectivity index (χ4n) is 3.72. The fourth-order valence-corrected chi connectivity index (χ4v) is 3.72. The van der Waals surface area contributed by atoms with Gasteiger partial charge < -0.3 is 4.74 Å². The normalized spacial score (nSPS) is 10.6. The van der Waals surface area contributed by atoms with Crippen LogP contribution in [0.2, 0.25) is 0 Å². The second kappa shape index (κ2) is 9.40. The van der Waals surface area contributed by atoms with Gasteiger partial charge in [0, 0.05) is 24.7 Å². The number of ketones is 1. The van der Waals surface area contributed by atoms with E-state index < -0.39 is 0 Å². The first-order chi connectivity index (χ1) is 15.1. The summed E-state index contributed by atoms with van der Waals surface area (Å²) >= 11 is 0. The van der Waals surface area contributed by atoms with Crippen LogP contribution in [0.5, 0.6) is 5.75 Å². The number of carbonyl (C=O) groups is 1. The number of methoxy groups -OCH3 is 1. The van der Waals surface area contributed by atoms with E-state index in [1.165, 1.54) is 0 Å². The van der Waals surface area contributed by atoms with Crippen molar-refractivity contribution in [1.29, 1.82) is 0 Å². The van der Waals surface area contributed by atoms with Gasteiger partial charge in [0.25, 0.3) is 0 Å². The summed E-state index contributed by atoms with van der Waals surface area (Å²) in [5.74, 6) is 1.03. The zero-order valence-electron chi connectivity index (χ0n) is 17.8. The molecular weight excluding hydrogens is 382 g/mol. The lowest BCUT2D eigenvalue weighted by Gasteiger charge is -2.08. The van der Waals surface area contributed by atoms with E-state index in [1.54, 1.807) is 7.11 Å². The van der Waals surface area contributed by atoms with Crippen LogP contribution in [0, 0.1) is 6.92 Å². The van der Waals surface area contributed by atoms with Crippen molar-refractivity contribution in [1.82, 2.24) is 4.98 Å². The maximum atomic E-state index is 12.7. The standard InChI is InChI=1S/C28H25NO2/c1-20-15-26(13-14-29-20)23-11-9-21(10-12-23)17-27(30)18-22-5-3-6-24(16-22)25-7-4-8-28(19-25)31-2/h3-16,19H,17-18H2,1-2H3. The molecule has 1 heterocycles. The minimum absolute atomic E-state index is 0.204. The average molecular weight is 408 g/mol. The summed E-state index contributed by atoms with van der Waals surface area (Å²) in [4.78, 5) is 16.9. The molecule has 0 bridgehead atoms. The SMILES string of the molecule is COc1cccc(-c2cccc(CC(=O)Cc3ccc(-c4ccnc(C)c4)cc3)c2)c1. The van der Waals surface area contributed by atoms with E-state index in [9.17, 15) is 4.79 Å². The second-order valence-electron chi connectivity index (χ2n) is 7.71. The van der Waals surface area contributed by atoms with Crippen molar-refractivity contribution in [2.45, 2.75) is 19.8 Å². The first-order valence-corrected chi connectivity index (χ1v) is 10.4. The molecule has 0 unspecified atom stereocenters. The van der Waals surface area contributed by atoms with Crippen molar-refractivity contribution < 1.29 is 9.53 Å². The van der Waals surface area contributed by atoms with Crippen LogP contribution in [-0.4, -0.2) is 17.9 Å². The first kappa shape index (κ1) is 20.5. The Balaban J connectivity index is 1.43. The summed E-state index contributed by atoms with van der Waals surface area (Å²) in [7, 11) is 1.67. The Morgan fingerprint density at radius 1 is 0.742 bits per heavy atom. The van der Waals surface area contributed by atoms with Gasteiger partial charge in [-0.05, 0) is 64.6 Å². The fraction of sp³-hybridized carbons (Fsp3) is 0.143. The Bertz CT molecular complexity index is 1200. The number of Topliss-reactive ketones (excluding diaryl/α,β-unsaturated/α-hetero) is 1. The maximum absolute atomic E-state index is 12.7. The number of carbonyl (C=O) groups excluding carboxylic acids is 1. The number of rotatable bonds is 7. The van der Waals surface area contributed by atoms with Gasteiger partial charge in [-0.2, -0.15) is 0 Å². The molecule has 31 heavy (non-hydrogen) atoms. The van der Waals surface area contributed by atoms with Crippen LogP contribution in [0.25, 0.3) is 22.3 Å². The van der Waals surface area contributed by atoms with Gasteiger partial charge in [-0.1, -0.05) is 60.7 Å². The molecule has 0 saturated carbocycles. The number of hydrogen-bond acceptors (Lipinski definition) is 3. The van der Waals surface area contributed by atoms with Crippen LogP contribution >= 0.6 is 0 Å². The van der Waals surface area contributed by atoms with E-state index in [-0.39, 0.29) is 5.78 Å². The third-order valence-corrected chi connectivity index (χ3v) is 5.32. The minimum Gasteiger partial charge on any atom is -0.497 e.